The molecule has 0 aromatic heterocycles. The van der Waals surface area contributed by atoms with Gasteiger partial charge in [-0.15, -0.1) is 0 Å². The molecule has 0 aliphatic rings. The van der Waals surface area contributed by atoms with Crippen molar-refractivity contribution in [3.05, 3.63) is 57.6 Å². The van der Waals surface area contributed by atoms with Gasteiger partial charge in [0.25, 0.3) is 0 Å². The number of hydrogen-bond acceptors (Lipinski definition) is 4. The third-order valence-electron chi connectivity index (χ3n) is 3.86. The van der Waals surface area contributed by atoms with Crippen molar-refractivity contribution < 1.29 is 19.4 Å². The minimum Gasteiger partial charge on any atom is -0.490 e. The molecule has 0 aliphatic carbocycles. The number of halogens is 1. The fourth-order valence-corrected chi connectivity index (χ4v) is 2.93. The number of carboxylic acids is 1. The molecule has 2 aromatic rings. The highest BCUT2D eigenvalue weighted by Crippen LogP contribution is 2.37. The van der Waals surface area contributed by atoms with Crippen LogP contribution >= 0.6 is 15.9 Å². The monoisotopic (exact) mass is 421 g/mol. The molecule has 1 atom stereocenters. The Bertz CT molecular complexity index is 746. The predicted octanol–water partition coefficient (Wildman–Crippen LogP) is 4.30. The highest BCUT2D eigenvalue weighted by Gasteiger charge is 2.14. The number of ether oxygens (including phenoxy) is 2. The lowest BCUT2D eigenvalue weighted by Gasteiger charge is -2.16. The molecule has 2 rings (SSSR count). The van der Waals surface area contributed by atoms with Crippen LogP contribution in [0.5, 0.6) is 11.5 Å². The molecule has 0 saturated heterocycles. The van der Waals surface area contributed by atoms with Gasteiger partial charge in [0, 0.05) is 6.54 Å². The second-order valence-corrected chi connectivity index (χ2v) is 6.91. The predicted molar refractivity (Wildman–Crippen MR) is 105 cm³/mol. The molecule has 0 fully saturated rings. The Morgan fingerprint density at radius 1 is 1.19 bits per heavy atom. The quantitative estimate of drug-likeness (QED) is 0.631. The zero-order valence-corrected chi connectivity index (χ0v) is 16.8. The summed E-state index contributed by atoms with van der Waals surface area (Å²) in [6, 6.07) is 11.3. The zero-order chi connectivity index (χ0) is 19.1. The number of aliphatic carboxylic acids is 1. The maximum atomic E-state index is 10.9. The topological polar surface area (TPSA) is 67.8 Å². The van der Waals surface area contributed by atoms with E-state index in [0.29, 0.717) is 31.3 Å². The van der Waals surface area contributed by atoms with Gasteiger partial charge in [-0.3, -0.25) is 4.79 Å². The fraction of sp³-hybridized carbons (Fsp3) is 0.350. The molecule has 0 radical (unpaired) electrons. The summed E-state index contributed by atoms with van der Waals surface area (Å²) in [4.78, 5) is 10.9. The third kappa shape index (κ3) is 5.75. The lowest BCUT2D eigenvalue weighted by molar-refractivity contribution is -0.139. The van der Waals surface area contributed by atoms with Gasteiger partial charge in [0.2, 0.25) is 0 Å². The van der Waals surface area contributed by atoms with Crippen LogP contribution in [0.2, 0.25) is 0 Å². The Hall–Kier alpha value is -2.05. The summed E-state index contributed by atoms with van der Waals surface area (Å²) < 4.78 is 12.5. The number of nitrogens with one attached hydrogen (secondary N) is 1. The van der Waals surface area contributed by atoms with E-state index in [4.69, 9.17) is 14.6 Å². The molecule has 2 aromatic carbocycles. The van der Waals surface area contributed by atoms with Crippen LogP contribution in [-0.4, -0.2) is 23.7 Å². The van der Waals surface area contributed by atoms with Gasteiger partial charge in [0.15, 0.2) is 11.5 Å². The summed E-state index contributed by atoms with van der Waals surface area (Å²) in [7, 11) is 0. The van der Waals surface area contributed by atoms with E-state index in [0.717, 1.165) is 15.6 Å². The summed E-state index contributed by atoms with van der Waals surface area (Å²) in [6.07, 6.45) is 0. The summed E-state index contributed by atoms with van der Waals surface area (Å²) >= 11 is 3.54. The van der Waals surface area contributed by atoms with Gasteiger partial charge in [-0.25, -0.2) is 0 Å². The van der Waals surface area contributed by atoms with Crippen LogP contribution < -0.4 is 14.8 Å². The number of benzene rings is 2. The van der Waals surface area contributed by atoms with Gasteiger partial charge < -0.3 is 19.9 Å². The van der Waals surface area contributed by atoms with Crippen molar-refractivity contribution in [3.63, 3.8) is 0 Å². The lowest BCUT2D eigenvalue weighted by atomic mass is 10.1. The van der Waals surface area contributed by atoms with Gasteiger partial charge >= 0.3 is 5.97 Å². The van der Waals surface area contributed by atoms with Crippen molar-refractivity contribution in [2.75, 3.05) is 6.61 Å². The number of carboxylic acid groups (broad SMARTS) is 1. The van der Waals surface area contributed by atoms with Gasteiger partial charge in [-0.1, -0.05) is 29.8 Å². The summed E-state index contributed by atoms with van der Waals surface area (Å²) in [5.41, 5.74) is 3.19. The second-order valence-electron chi connectivity index (χ2n) is 6.05. The van der Waals surface area contributed by atoms with Gasteiger partial charge in [0.05, 0.1) is 11.1 Å². The van der Waals surface area contributed by atoms with E-state index in [2.05, 4.69) is 33.4 Å². The van der Waals surface area contributed by atoms with E-state index in [1.165, 1.54) is 5.56 Å². The van der Waals surface area contributed by atoms with Gasteiger partial charge in [-0.05, 0) is 60.0 Å². The Morgan fingerprint density at radius 3 is 2.50 bits per heavy atom. The van der Waals surface area contributed by atoms with Crippen LogP contribution in [0.15, 0.2) is 40.9 Å². The van der Waals surface area contributed by atoms with Crippen molar-refractivity contribution in [1.29, 1.82) is 0 Å². The van der Waals surface area contributed by atoms with E-state index in [1.807, 2.05) is 38.1 Å². The number of rotatable bonds is 9. The average molecular weight is 422 g/mol. The standard InChI is InChI=1S/C20H24BrNO4/c1-4-25-18-10-16(11-22-14(3)20(23)24)9-17(21)19(18)26-12-15-7-5-13(2)6-8-15/h5-10,14,22H,4,11-12H2,1-3H3,(H,23,24). The largest absolute Gasteiger partial charge is 0.490 e. The highest BCUT2D eigenvalue weighted by atomic mass is 79.9. The maximum Gasteiger partial charge on any atom is 0.320 e. The number of hydrogen-bond donors (Lipinski definition) is 2. The van der Waals surface area contributed by atoms with Crippen molar-refractivity contribution in [2.45, 2.75) is 40.0 Å². The second kappa shape index (κ2) is 9.59. The normalized spacial score (nSPS) is 11.8. The van der Waals surface area contributed by atoms with Crippen molar-refractivity contribution in [1.82, 2.24) is 5.32 Å². The Balaban J connectivity index is 2.14. The van der Waals surface area contributed by atoms with Crippen LogP contribution in [0, 0.1) is 6.92 Å². The van der Waals surface area contributed by atoms with Crippen molar-refractivity contribution >= 4 is 21.9 Å². The number of carbonyl (C=O) groups is 1. The van der Waals surface area contributed by atoms with Crippen LogP contribution in [0.1, 0.15) is 30.5 Å². The molecule has 0 amide bonds. The first kappa shape index (κ1) is 20.3. The third-order valence-corrected chi connectivity index (χ3v) is 4.44. The van der Waals surface area contributed by atoms with Gasteiger partial charge in [-0.2, -0.15) is 0 Å². The Kier molecular flexibility index (Phi) is 7.48. The molecule has 0 aliphatic heterocycles. The molecule has 2 N–H and O–H groups in total. The van der Waals surface area contributed by atoms with Gasteiger partial charge in [0.1, 0.15) is 12.6 Å². The van der Waals surface area contributed by atoms with E-state index in [-0.39, 0.29) is 0 Å². The molecule has 0 bridgehead atoms. The average Bonchev–Trinajstić information content (AvgIpc) is 2.60. The van der Waals surface area contributed by atoms with Crippen LogP contribution in [0.3, 0.4) is 0 Å². The first-order chi connectivity index (χ1) is 12.4. The first-order valence-electron chi connectivity index (χ1n) is 8.50. The minimum atomic E-state index is -0.882. The smallest absolute Gasteiger partial charge is 0.320 e. The van der Waals surface area contributed by atoms with Crippen LogP contribution in [0.25, 0.3) is 0 Å². The molecule has 5 nitrogen and oxygen atoms in total. The molecule has 0 heterocycles. The summed E-state index contributed by atoms with van der Waals surface area (Å²) in [5.74, 6) is 0.392. The first-order valence-corrected chi connectivity index (χ1v) is 9.29. The fourth-order valence-electron chi connectivity index (χ4n) is 2.32. The zero-order valence-electron chi connectivity index (χ0n) is 15.2. The molecule has 26 heavy (non-hydrogen) atoms. The summed E-state index contributed by atoms with van der Waals surface area (Å²) in [5, 5.41) is 11.9. The molecule has 140 valence electrons. The Labute approximate surface area is 162 Å². The molecular formula is C20H24BrNO4. The molecule has 6 heteroatoms. The minimum absolute atomic E-state index is 0.421. The van der Waals surface area contributed by atoms with E-state index < -0.39 is 12.0 Å². The lowest BCUT2D eigenvalue weighted by Crippen LogP contribution is -2.33. The Morgan fingerprint density at radius 2 is 1.88 bits per heavy atom. The molecule has 0 saturated carbocycles. The molecule has 1 unspecified atom stereocenters. The van der Waals surface area contributed by atoms with Crippen molar-refractivity contribution in [2.24, 2.45) is 0 Å². The van der Waals surface area contributed by atoms with E-state index in [9.17, 15) is 4.79 Å². The summed E-state index contributed by atoms with van der Waals surface area (Å²) in [6.45, 7) is 6.94. The number of aryl methyl sites for hydroxylation is 1. The van der Waals surface area contributed by atoms with E-state index >= 15 is 0 Å². The van der Waals surface area contributed by atoms with E-state index in [1.54, 1.807) is 6.92 Å². The molecular weight excluding hydrogens is 398 g/mol. The van der Waals surface area contributed by atoms with Crippen LogP contribution in [0.4, 0.5) is 0 Å². The van der Waals surface area contributed by atoms with Crippen LogP contribution in [-0.2, 0) is 17.9 Å². The molecule has 0 spiro atoms. The van der Waals surface area contributed by atoms with Crippen molar-refractivity contribution in [3.8, 4) is 11.5 Å². The SMILES string of the molecule is CCOc1cc(CNC(C)C(=O)O)cc(Br)c1OCc1ccc(C)cc1. The maximum absolute atomic E-state index is 10.9. The highest BCUT2D eigenvalue weighted by molar-refractivity contribution is 9.10.